The molecule has 2 aromatic carbocycles. The first-order valence-corrected chi connectivity index (χ1v) is 11.7. The zero-order valence-corrected chi connectivity index (χ0v) is 19.1. The highest BCUT2D eigenvalue weighted by atomic mass is 32.2. The van der Waals surface area contributed by atoms with Gasteiger partial charge in [0.05, 0.1) is 0 Å². The Kier molecular flexibility index (Phi) is 7.08. The number of hydrogen-bond acceptors (Lipinski definition) is 5. The Hall–Kier alpha value is -3.20. The highest BCUT2D eigenvalue weighted by Crippen LogP contribution is 2.29. The molecule has 2 aliphatic heterocycles. The summed E-state index contributed by atoms with van der Waals surface area (Å²) >= 11 is 1.36. The van der Waals surface area contributed by atoms with Gasteiger partial charge < -0.3 is 15.1 Å². The fraction of sp³-hybridized carbons (Fsp3) is 0.333. The maximum absolute atomic E-state index is 13.4. The largest absolute Gasteiger partial charge is 0.351 e. The van der Waals surface area contributed by atoms with Crippen LogP contribution in [0.4, 0.5) is 10.1 Å². The van der Waals surface area contributed by atoms with Crippen molar-refractivity contribution in [3.63, 3.8) is 0 Å². The molecule has 33 heavy (non-hydrogen) atoms. The highest BCUT2D eigenvalue weighted by molar-refractivity contribution is 8.15. The molecular formula is C24H25FN4O3S. The van der Waals surface area contributed by atoms with Crippen LogP contribution < -0.4 is 5.32 Å². The second kappa shape index (κ2) is 10.2. The Morgan fingerprint density at radius 1 is 1.18 bits per heavy atom. The minimum absolute atomic E-state index is 0.0431. The number of anilines is 1. The Bertz CT molecular complexity index is 1080. The van der Waals surface area contributed by atoms with E-state index in [0.717, 1.165) is 31.1 Å². The van der Waals surface area contributed by atoms with Gasteiger partial charge in [0.15, 0.2) is 5.17 Å². The molecule has 7 nitrogen and oxygen atoms in total. The first kappa shape index (κ1) is 23.0. The smallest absolute Gasteiger partial charge is 0.262 e. The van der Waals surface area contributed by atoms with Gasteiger partial charge in [0.2, 0.25) is 5.91 Å². The van der Waals surface area contributed by atoms with Gasteiger partial charge in [0.1, 0.15) is 11.1 Å². The van der Waals surface area contributed by atoms with Crippen LogP contribution in [-0.2, 0) is 16.1 Å². The van der Waals surface area contributed by atoms with Crippen molar-refractivity contribution in [2.24, 2.45) is 4.99 Å². The second-order valence-corrected chi connectivity index (χ2v) is 9.32. The number of amides is 3. The molecule has 0 bridgehead atoms. The van der Waals surface area contributed by atoms with E-state index < -0.39 is 5.25 Å². The predicted octanol–water partition coefficient (Wildman–Crippen LogP) is 3.52. The fourth-order valence-electron chi connectivity index (χ4n) is 3.83. The molecule has 172 valence electrons. The number of nitrogens with one attached hydrogen (secondary N) is 1. The van der Waals surface area contributed by atoms with Gasteiger partial charge in [-0.2, -0.15) is 4.99 Å². The van der Waals surface area contributed by atoms with Gasteiger partial charge in [-0.05, 0) is 54.8 Å². The van der Waals surface area contributed by atoms with E-state index in [9.17, 15) is 18.8 Å². The van der Waals surface area contributed by atoms with Gasteiger partial charge in [-0.15, -0.1) is 0 Å². The van der Waals surface area contributed by atoms with Crippen molar-refractivity contribution in [2.75, 3.05) is 25.5 Å². The van der Waals surface area contributed by atoms with Crippen molar-refractivity contribution in [2.45, 2.75) is 31.1 Å². The van der Waals surface area contributed by atoms with Crippen LogP contribution >= 0.6 is 11.8 Å². The van der Waals surface area contributed by atoms with E-state index in [0.29, 0.717) is 16.8 Å². The van der Waals surface area contributed by atoms with E-state index in [2.05, 4.69) is 15.2 Å². The van der Waals surface area contributed by atoms with Crippen LogP contribution in [0.15, 0.2) is 53.5 Å². The molecule has 1 atom stereocenters. The summed E-state index contributed by atoms with van der Waals surface area (Å²) in [4.78, 5) is 45.0. The standard InChI is InChI=1S/C24H25FN4O3S/c1-28(15-16-5-4-6-18(25)13-16)23(32)17-7-9-19(10-8-17)26-21(30)14-20-22(31)27-24(33-20)29-11-2-3-12-29/h4-10,13,20H,2-3,11-12,14-15H2,1H3,(H,26,30). The molecule has 4 rings (SSSR count). The monoisotopic (exact) mass is 468 g/mol. The number of hydrogen-bond donors (Lipinski definition) is 1. The molecular weight excluding hydrogens is 443 g/mol. The molecule has 2 heterocycles. The van der Waals surface area contributed by atoms with Gasteiger partial charge in [0.25, 0.3) is 11.8 Å². The number of aliphatic imine (C=N–C) groups is 1. The second-order valence-electron chi connectivity index (χ2n) is 8.15. The summed E-state index contributed by atoms with van der Waals surface area (Å²) in [6.45, 7) is 2.09. The zero-order chi connectivity index (χ0) is 23.4. The van der Waals surface area contributed by atoms with Gasteiger partial charge in [-0.1, -0.05) is 23.9 Å². The van der Waals surface area contributed by atoms with Crippen molar-refractivity contribution in [1.82, 2.24) is 9.80 Å². The van der Waals surface area contributed by atoms with Gasteiger partial charge >= 0.3 is 0 Å². The summed E-state index contributed by atoms with van der Waals surface area (Å²) in [5.41, 5.74) is 1.70. The van der Waals surface area contributed by atoms with Crippen LogP contribution in [0.1, 0.15) is 35.2 Å². The summed E-state index contributed by atoms with van der Waals surface area (Å²) in [7, 11) is 1.65. The van der Waals surface area contributed by atoms with Crippen LogP contribution in [0, 0.1) is 5.82 Å². The van der Waals surface area contributed by atoms with Crippen LogP contribution in [-0.4, -0.2) is 58.1 Å². The van der Waals surface area contributed by atoms with Crippen molar-refractivity contribution in [1.29, 1.82) is 0 Å². The molecule has 2 aromatic rings. The number of amidine groups is 1. The van der Waals surface area contributed by atoms with Crippen molar-refractivity contribution < 1.29 is 18.8 Å². The van der Waals surface area contributed by atoms with E-state index in [-0.39, 0.29) is 36.5 Å². The molecule has 1 unspecified atom stereocenters. The first-order valence-electron chi connectivity index (χ1n) is 10.8. The average molecular weight is 469 g/mol. The lowest BCUT2D eigenvalue weighted by Gasteiger charge is -2.18. The molecule has 0 spiro atoms. The summed E-state index contributed by atoms with van der Waals surface area (Å²) < 4.78 is 13.4. The molecule has 0 aliphatic carbocycles. The average Bonchev–Trinajstić information content (AvgIpc) is 3.44. The topological polar surface area (TPSA) is 82.1 Å². The van der Waals surface area contributed by atoms with Crippen LogP contribution in [0.5, 0.6) is 0 Å². The number of thioether (sulfide) groups is 1. The molecule has 9 heteroatoms. The van der Waals surface area contributed by atoms with Crippen LogP contribution in [0.25, 0.3) is 0 Å². The van der Waals surface area contributed by atoms with Gasteiger partial charge in [0, 0.05) is 44.4 Å². The van der Waals surface area contributed by atoms with E-state index in [4.69, 9.17) is 0 Å². The van der Waals surface area contributed by atoms with Crippen molar-refractivity contribution in [3.8, 4) is 0 Å². The normalized spacial score (nSPS) is 17.8. The van der Waals surface area contributed by atoms with Crippen LogP contribution in [0.3, 0.4) is 0 Å². The van der Waals surface area contributed by atoms with E-state index in [1.54, 1.807) is 43.4 Å². The Morgan fingerprint density at radius 2 is 1.91 bits per heavy atom. The summed E-state index contributed by atoms with van der Waals surface area (Å²) in [6.07, 6.45) is 2.23. The molecule has 0 saturated carbocycles. The molecule has 1 fully saturated rings. The van der Waals surface area contributed by atoms with Crippen molar-refractivity contribution in [3.05, 3.63) is 65.5 Å². The SMILES string of the molecule is CN(Cc1cccc(F)c1)C(=O)c1ccc(NC(=O)CC2SC(N3CCCC3)=NC2=O)cc1. The number of carbonyl (C=O) groups is 3. The minimum Gasteiger partial charge on any atom is -0.351 e. The summed E-state index contributed by atoms with van der Waals surface area (Å²) in [6, 6.07) is 12.7. The quantitative estimate of drug-likeness (QED) is 0.702. The molecule has 0 radical (unpaired) electrons. The van der Waals surface area contributed by atoms with E-state index >= 15 is 0 Å². The molecule has 3 amide bonds. The molecule has 0 aromatic heterocycles. The summed E-state index contributed by atoms with van der Waals surface area (Å²) in [5, 5.41) is 3.00. The number of benzene rings is 2. The molecule has 2 aliphatic rings. The Morgan fingerprint density at radius 3 is 2.61 bits per heavy atom. The van der Waals surface area contributed by atoms with Gasteiger partial charge in [-0.25, -0.2) is 4.39 Å². The third-order valence-corrected chi connectivity index (χ3v) is 6.76. The lowest BCUT2D eigenvalue weighted by molar-refractivity contribution is -0.121. The maximum atomic E-state index is 13.4. The van der Waals surface area contributed by atoms with E-state index in [1.165, 1.54) is 28.8 Å². The third kappa shape index (κ3) is 5.78. The number of nitrogens with zero attached hydrogens (tertiary/aromatic N) is 3. The van der Waals surface area contributed by atoms with Crippen molar-refractivity contribution >= 4 is 40.3 Å². The lowest BCUT2D eigenvalue weighted by Crippen LogP contribution is -2.26. The van der Waals surface area contributed by atoms with Crippen LogP contribution in [0.2, 0.25) is 0 Å². The maximum Gasteiger partial charge on any atom is 0.262 e. The molecule has 1 saturated heterocycles. The van der Waals surface area contributed by atoms with Gasteiger partial charge in [-0.3, -0.25) is 14.4 Å². The lowest BCUT2D eigenvalue weighted by atomic mass is 10.1. The molecule has 1 N–H and O–H groups in total. The minimum atomic E-state index is -0.502. The Balaban J connectivity index is 1.28. The zero-order valence-electron chi connectivity index (χ0n) is 18.3. The highest BCUT2D eigenvalue weighted by Gasteiger charge is 2.33. The number of carbonyl (C=O) groups excluding carboxylic acids is 3. The third-order valence-electron chi connectivity index (χ3n) is 5.55. The number of rotatable bonds is 6. The first-order chi connectivity index (χ1) is 15.9. The fourth-order valence-corrected chi connectivity index (χ4v) is 4.95. The summed E-state index contributed by atoms with van der Waals surface area (Å²) in [5.74, 6) is -1.10. The number of halogens is 1. The number of likely N-dealkylation sites (tertiary alicyclic amines) is 1. The Labute approximate surface area is 196 Å². The predicted molar refractivity (Wildman–Crippen MR) is 127 cm³/mol. The van der Waals surface area contributed by atoms with E-state index in [1.807, 2.05) is 0 Å².